The number of nitrogens with one attached hydrogen (secondary N) is 1. The molecule has 1 N–H and O–H groups in total. The van der Waals surface area contributed by atoms with E-state index in [9.17, 15) is 14.4 Å². The van der Waals surface area contributed by atoms with Gasteiger partial charge in [-0.3, -0.25) is 4.79 Å². The van der Waals surface area contributed by atoms with Crippen LogP contribution in [0.15, 0.2) is 0 Å². The summed E-state index contributed by atoms with van der Waals surface area (Å²) in [5, 5.41) is 2.42. The Labute approximate surface area is 113 Å². The molecule has 6 nitrogen and oxygen atoms in total. The second-order valence-electron chi connectivity index (χ2n) is 5.14. The Hall–Kier alpha value is -1.59. The lowest BCUT2D eigenvalue weighted by Crippen LogP contribution is -2.43. The zero-order valence-corrected chi connectivity index (χ0v) is 11.7. The van der Waals surface area contributed by atoms with Crippen molar-refractivity contribution >= 4 is 18.3 Å². The Bertz CT molecular complexity index is 344. The van der Waals surface area contributed by atoms with Gasteiger partial charge in [0.05, 0.1) is 6.04 Å². The van der Waals surface area contributed by atoms with E-state index in [1.165, 1.54) is 4.90 Å². The molecule has 0 aliphatic carbocycles. The molecule has 0 saturated carbocycles. The predicted octanol–water partition coefficient (Wildman–Crippen LogP) is 0.947. The van der Waals surface area contributed by atoms with E-state index in [1.54, 1.807) is 6.92 Å². The van der Waals surface area contributed by atoms with Crippen LogP contribution in [0, 0.1) is 5.92 Å². The maximum atomic E-state index is 11.8. The minimum absolute atomic E-state index is 0.131. The van der Waals surface area contributed by atoms with Gasteiger partial charge in [-0.25, -0.2) is 4.79 Å². The Kier molecular flexibility index (Phi) is 5.79. The van der Waals surface area contributed by atoms with Crippen molar-refractivity contribution < 1.29 is 19.1 Å². The van der Waals surface area contributed by atoms with E-state index in [4.69, 9.17) is 4.74 Å². The summed E-state index contributed by atoms with van der Waals surface area (Å²) in [6.07, 6.45) is 1.50. The summed E-state index contributed by atoms with van der Waals surface area (Å²) in [6, 6.07) is -0.347. The van der Waals surface area contributed by atoms with Crippen LogP contribution >= 0.6 is 0 Å². The van der Waals surface area contributed by atoms with Crippen molar-refractivity contribution in [3.8, 4) is 0 Å². The van der Waals surface area contributed by atoms with Crippen molar-refractivity contribution in [3.05, 3.63) is 0 Å². The van der Waals surface area contributed by atoms with Gasteiger partial charge in [0.1, 0.15) is 18.9 Å². The zero-order valence-electron chi connectivity index (χ0n) is 11.7. The predicted molar refractivity (Wildman–Crippen MR) is 69.6 cm³/mol. The highest BCUT2D eigenvalue weighted by Crippen LogP contribution is 2.14. The average molecular weight is 270 g/mol. The molecule has 2 atom stereocenters. The molecule has 1 fully saturated rings. The van der Waals surface area contributed by atoms with Crippen molar-refractivity contribution in [2.24, 2.45) is 5.92 Å². The van der Waals surface area contributed by atoms with E-state index < -0.39 is 6.09 Å². The summed E-state index contributed by atoms with van der Waals surface area (Å²) in [4.78, 5) is 35.6. The quantitative estimate of drug-likeness (QED) is 0.755. The fourth-order valence-corrected chi connectivity index (χ4v) is 1.84. The molecule has 0 aromatic carbocycles. The van der Waals surface area contributed by atoms with Crippen LogP contribution < -0.4 is 5.32 Å². The fourth-order valence-electron chi connectivity index (χ4n) is 1.84. The number of aldehydes is 1. The van der Waals surface area contributed by atoms with Gasteiger partial charge >= 0.3 is 6.09 Å². The molecule has 0 spiro atoms. The molecule has 1 aliphatic rings. The second kappa shape index (κ2) is 7.11. The highest BCUT2D eigenvalue weighted by atomic mass is 16.6. The number of ether oxygens (including phenoxy) is 1. The largest absolute Gasteiger partial charge is 0.446 e. The van der Waals surface area contributed by atoms with E-state index in [2.05, 4.69) is 5.32 Å². The number of hydrogen-bond acceptors (Lipinski definition) is 4. The molecule has 1 rings (SSSR count). The minimum Gasteiger partial charge on any atom is -0.446 e. The number of hydrogen-bond donors (Lipinski definition) is 1. The number of nitrogens with zero attached hydrogens (tertiary/aromatic N) is 1. The van der Waals surface area contributed by atoms with Crippen LogP contribution in [0.25, 0.3) is 0 Å². The van der Waals surface area contributed by atoms with Crippen molar-refractivity contribution in [1.29, 1.82) is 0 Å². The molecule has 0 aromatic rings. The molecule has 6 heteroatoms. The third-order valence-corrected chi connectivity index (χ3v) is 3.39. The van der Waals surface area contributed by atoms with Crippen molar-refractivity contribution in [3.63, 3.8) is 0 Å². The van der Waals surface area contributed by atoms with Crippen molar-refractivity contribution in [2.75, 3.05) is 13.1 Å². The van der Waals surface area contributed by atoms with Gasteiger partial charge in [0.25, 0.3) is 0 Å². The smallest absolute Gasteiger partial charge is 0.407 e. The SMILES string of the molecule is CC(C)C(C)OC(=O)NCC(=O)N1CCC[C@H]1C=O. The summed E-state index contributed by atoms with van der Waals surface area (Å²) in [5.74, 6) is -0.0248. The zero-order chi connectivity index (χ0) is 14.4. The molecule has 0 radical (unpaired) electrons. The lowest BCUT2D eigenvalue weighted by Gasteiger charge is -2.21. The van der Waals surface area contributed by atoms with Crippen LogP contribution in [0.3, 0.4) is 0 Å². The van der Waals surface area contributed by atoms with E-state index in [-0.39, 0.29) is 30.5 Å². The van der Waals surface area contributed by atoms with Gasteiger partial charge in [0, 0.05) is 6.54 Å². The summed E-state index contributed by atoms with van der Waals surface area (Å²) >= 11 is 0. The maximum Gasteiger partial charge on any atom is 0.407 e. The van der Waals surface area contributed by atoms with Crippen LogP contribution in [0.4, 0.5) is 4.79 Å². The molecular weight excluding hydrogens is 248 g/mol. The number of amides is 2. The van der Waals surface area contributed by atoms with Gasteiger partial charge < -0.3 is 19.7 Å². The van der Waals surface area contributed by atoms with Gasteiger partial charge in [-0.2, -0.15) is 0 Å². The molecule has 0 bridgehead atoms. The standard InChI is InChI=1S/C13H22N2O4/c1-9(2)10(3)19-13(18)14-7-12(17)15-6-4-5-11(15)8-16/h8-11H,4-7H2,1-3H3,(H,14,18)/t10?,11-/m0/s1. The molecule has 0 aromatic heterocycles. The van der Waals surface area contributed by atoms with Crippen LogP contribution in [0.2, 0.25) is 0 Å². The maximum absolute atomic E-state index is 11.8. The van der Waals surface area contributed by atoms with E-state index in [0.717, 1.165) is 12.7 Å². The van der Waals surface area contributed by atoms with Gasteiger partial charge in [-0.05, 0) is 25.7 Å². The highest BCUT2D eigenvalue weighted by Gasteiger charge is 2.28. The van der Waals surface area contributed by atoms with Crippen LogP contribution in [-0.2, 0) is 14.3 Å². The van der Waals surface area contributed by atoms with Gasteiger partial charge in [0.2, 0.25) is 5.91 Å². The molecule has 1 unspecified atom stereocenters. The number of alkyl carbamates (subject to hydrolysis) is 1. The molecule has 1 aliphatic heterocycles. The van der Waals surface area contributed by atoms with E-state index in [1.807, 2.05) is 13.8 Å². The van der Waals surface area contributed by atoms with Gasteiger partial charge in [0.15, 0.2) is 0 Å². The van der Waals surface area contributed by atoms with Crippen LogP contribution in [0.1, 0.15) is 33.6 Å². The summed E-state index contributed by atoms with van der Waals surface area (Å²) < 4.78 is 5.09. The normalized spacial score (nSPS) is 20.2. The monoisotopic (exact) mass is 270 g/mol. The summed E-state index contributed by atoms with van der Waals surface area (Å²) in [5.41, 5.74) is 0. The molecule has 1 heterocycles. The van der Waals surface area contributed by atoms with Crippen LogP contribution in [-0.4, -0.2) is 48.4 Å². The summed E-state index contributed by atoms with van der Waals surface area (Å²) in [7, 11) is 0. The summed E-state index contributed by atoms with van der Waals surface area (Å²) in [6.45, 7) is 6.13. The first-order chi connectivity index (χ1) is 8.95. The molecule has 2 amide bonds. The fraction of sp³-hybridized carbons (Fsp3) is 0.769. The molecule has 19 heavy (non-hydrogen) atoms. The minimum atomic E-state index is -0.601. The number of likely N-dealkylation sites (tertiary alicyclic amines) is 1. The van der Waals surface area contributed by atoms with E-state index in [0.29, 0.717) is 13.0 Å². The van der Waals surface area contributed by atoms with Crippen LogP contribution in [0.5, 0.6) is 0 Å². The van der Waals surface area contributed by atoms with E-state index >= 15 is 0 Å². The lowest BCUT2D eigenvalue weighted by molar-refractivity contribution is -0.133. The third kappa shape index (κ3) is 4.54. The second-order valence-corrected chi connectivity index (χ2v) is 5.14. The number of rotatable bonds is 5. The topological polar surface area (TPSA) is 75.7 Å². The van der Waals surface area contributed by atoms with Gasteiger partial charge in [-0.15, -0.1) is 0 Å². The van der Waals surface area contributed by atoms with Crippen molar-refractivity contribution in [1.82, 2.24) is 10.2 Å². The molecular formula is C13H22N2O4. The average Bonchev–Trinajstić information content (AvgIpc) is 2.83. The first kappa shape index (κ1) is 15.5. The Balaban J connectivity index is 2.34. The molecule has 1 saturated heterocycles. The van der Waals surface area contributed by atoms with Crippen molar-refractivity contribution in [2.45, 2.75) is 45.8 Å². The Morgan fingerprint density at radius 3 is 2.68 bits per heavy atom. The molecule has 108 valence electrons. The number of carbonyl (C=O) groups is 3. The highest BCUT2D eigenvalue weighted by molar-refractivity contribution is 5.84. The lowest BCUT2D eigenvalue weighted by atomic mass is 10.1. The van der Waals surface area contributed by atoms with Gasteiger partial charge in [-0.1, -0.05) is 13.8 Å². The number of carbonyl (C=O) groups excluding carboxylic acids is 3. The third-order valence-electron chi connectivity index (χ3n) is 3.39. The Morgan fingerprint density at radius 2 is 2.11 bits per heavy atom. The first-order valence-electron chi connectivity index (χ1n) is 6.65. The Morgan fingerprint density at radius 1 is 1.42 bits per heavy atom. The first-order valence-corrected chi connectivity index (χ1v) is 6.65.